The highest BCUT2D eigenvalue weighted by atomic mass is 32.2. The molecule has 6 heteroatoms. The summed E-state index contributed by atoms with van der Waals surface area (Å²) in [6.45, 7) is 8.21. The van der Waals surface area contributed by atoms with Gasteiger partial charge in [0.2, 0.25) is 5.91 Å². The lowest BCUT2D eigenvalue weighted by molar-refractivity contribution is -0.123. The van der Waals surface area contributed by atoms with Crippen molar-refractivity contribution >= 4 is 15.7 Å². The van der Waals surface area contributed by atoms with E-state index in [4.69, 9.17) is 0 Å². The van der Waals surface area contributed by atoms with Gasteiger partial charge in [0.1, 0.15) is 0 Å². The van der Waals surface area contributed by atoms with Crippen molar-refractivity contribution in [3.05, 3.63) is 0 Å². The maximum absolute atomic E-state index is 12.2. The molecule has 0 radical (unpaired) electrons. The summed E-state index contributed by atoms with van der Waals surface area (Å²) in [6, 6.07) is 0.281. The number of carbonyl (C=O) groups excluding carboxylic acids is 1. The fourth-order valence-electron chi connectivity index (χ4n) is 3.70. The van der Waals surface area contributed by atoms with E-state index in [2.05, 4.69) is 26.1 Å². The van der Waals surface area contributed by atoms with Gasteiger partial charge in [-0.05, 0) is 37.0 Å². The SMILES string of the molecule is CC(C)(C)[C@@H]1CCC[C@H](NC(=O)CN2CCS(=O)(=O)CC2)CC1. The van der Waals surface area contributed by atoms with Gasteiger partial charge in [-0.1, -0.05) is 27.2 Å². The van der Waals surface area contributed by atoms with Crippen molar-refractivity contribution in [2.45, 2.75) is 58.9 Å². The van der Waals surface area contributed by atoms with Crippen LogP contribution in [-0.2, 0) is 14.6 Å². The molecule has 0 bridgehead atoms. The van der Waals surface area contributed by atoms with Crippen molar-refractivity contribution in [3.8, 4) is 0 Å². The van der Waals surface area contributed by atoms with Crippen molar-refractivity contribution in [2.24, 2.45) is 11.3 Å². The highest BCUT2D eigenvalue weighted by Crippen LogP contribution is 2.36. The van der Waals surface area contributed by atoms with E-state index in [1.165, 1.54) is 19.3 Å². The maximum atomic E-state index is 12.2. The second-order valence-electron chi connectivity index (χ2n) is 8.26. The minimum absolute atomic E-state index is 0.0449. The fraction of sp³-hybridized carbons (Fsp3) is 0.941. The zero-order valence-corrected chi connectivity index (χ0v) is 15.6. The van der Waals surface area contributed by atoms with E-state index in [-0.39, 0.29) is 23.5 Å². The molecule has 2 rings (SSSR count). The Kier molecular flexibility index (Phi) is 6.11. The number of nitrogens with zero attached hydrogens (tertiary/aromatic N) is 1. The highest BCUT2D eigenvalue weighted by molar-refractivity contribution is 7.91. The number of rotatable bonds is 3. The Balaban J connectivity index is 1.75. The van der Waals surface area contributed by atoms with Gasteiger partial charge in [-0.25, -0.2) is 8.42 Å². The molecule has 1 amide bonds. The van der Waals surface area contributed by atoms with Gasteiger partial charge in [0, 0.05) is 19.1 Å². The van der Waals surface area contributed by atoms with Crippen LogP contribution in [0.1, 0.15) is 52.9 Å². The van der Waals surface area contributed by atoms with Crippen LogP contribution in [0, 0.1) is 11.3 Å². The molecule has 0 aromatic heterocycles. The maximum Gasteiger partial charge on any atom is 0.234 e. The molecule has 23 heavy (non-hydrogen) atoms. The number of hydrogen-bond donors (Lipinski definition) is 1. The second-order valence-corrected chi connectivity index (χ2v) is 10.6. The lowest BCUT2D eigenvalue weighted by Gasteiger charge is -2.30. The summed E-state index contributed by atoms with van der Waals surface area (Å²) < 4.78 is 22.8. The van der Waals surface area contributed by atoms with Crippen LogP contribution in [0.3, 0.4) is 0 Å². The summed E-state index contributed by atoms with van der Waals surface area (Å²) in [4.78, 5) is 14.2. The van der Waals surface area contributed by atoms with Crippen molar-refractivity contribution in [1.29, 1.82) is 0 Å². The van der Waals surface area contributed by atoms with Crippen molar-refractivity contribution in [3.63, 3.8) is 0 Å². The average Bonchev–Trinajstić information content (AvgIpc) is 2.66. The van der Waals surface area contributed by atoms with Crippen LogP contribution < -0.4 is 5.32 Å². The number of nitrogens with one attached hydrogen (secondary N) is 1. The van der Waals surface area contributed by atoms with Crippen molar-refractivity contribution < 1.29 is 13.2 Å². The Morgan fingerprint density at radius 3 is 2.35 bits per heavy atom. The van der Waals surface area contributed by atoms with Crippen LogP contribution in [0.2, 0.25) is 0 Å². The lowest BCUT2D eigenvalue weighted by Crippen LogP contribution is -2.47. The number of carbonyl (C=O) groups is 1. The molecule has 2 fully saturated rings. The second kappa shape index (κ2) is 7.51. The van der Waals surface area contributed by atoms with Crippen LogP contribution in [0.25, 0.3) is 0 Å². The smallest absolute Gasteiger partial charge is 0.234 e. The van der Waals surface area contributed by atoms with E-state index >= 15 is 0 Å². The molecule has 0 aromatic rings. The first kappa shape index (κ1) is 18.7. The predicted molar refractivity (Wildman–Crippen MR) is 93.1 cm³/mol. The molecule has 134 valence electrons. The topological polar surface area (TPSA) is 66.5 Å². The van der Waals surface area contributed by atoms with Gasteiger partial charge >= 0.3 is 0 Å². The number of amides is 1. The molecular weight excluding hydrogens is 312 g/mol. The summed E-state index contributed by atoms with van der Waals surface area (Å²) >= 11 is 0. The molecule has 0 aromatic carbocycles. The van der Waals surface area contributed by atoms with Gasteiger partial charge in [0.15, 0.2) is 9.84 Å². The third kappa shape index (κ3) is 6.07. The Labute approximate surface area is 141 Å². The van der Waals surface area contributed by atoms with E-state index in [1.807, 2.05) is 4.90 Å². The highest BCUT2D eigenvalue weighted by Gasteiger charge is 2.29. The minimum atomic E-state index is -2.88. The van der Waals surface area contributed by atoms with Crippen molar-refractivity contribution in [1.82, 2.24) is 10.2 Å². The van der Waals surface area contributed by atoms with E-state index in [0.717, 1.165) is 18.8 Å². The van der Waals surface area contributed by atoms with Gasteiger partial charge in [-0.15, -0.1) is 0 Å². The van der Waals surface area contributed by atoms with Gasteiger partial charge in [-0.3, -0.25) is 9.69 Å². The van der Waals surface area contributed by atoms with Crippen LogP contribution in [0.15, 0.2) is 0 Å². The van der Waals surface area contributed by atoms with Gasteiger partial charge in [0.05, 0.1) is 18.1 Å². The quantitative estimate of drug-likeness (QED) is 0.793. The van der Waals surface area contributed by atoms with Crippen LogP contribution >= 0.6 is 0 Å². The number of hydrogen-bond acceptors (Lipinski definition) is 4. The third-order valence-corrected chi connectivity index (χ3v) is 6.97. The van der Waals surface area contributed by atoms with Gasteiger partial charge in [-0.2, -0.15) is 0 Å². The summed E-state index contributed by atoms with van der Waals surface area (Å²) in [5.74, 6) is 1.13. The Morgan fingerprint density at radius 1 is 1.09 bits per heavy atom. The first-order chi connectivity index (χ1) is 10.7. The predicted octanol–water partition coefficient (Wildman–Crippen LogP) is 1.83. The van der Waals surface area contributed by atoms with Crippen LogP contribution in [0.4, 0.5) is 0 Å². The lowest BCUT2D eigenvalue weighted by atomic mass is 9.76. The molecule has 1 aliphatic carbocycles. The zero-order chi connectivity index (χ0) is 17.1. The zero-order valence-electron chi connectivity index (χ0n) is 14.8. The number of sulfone groups is 1. The molecule has 2 atom stereocenters. The van der Waals surface area contributed by atoms with Crippen LogP contribution in [0.5, 0.6) is 0 Å². The fourth-order valence-corrected chi connectivity index (χ4v) is 4.97. The molecule has 0 spiro atoms. The van der Waals surface area contributed by atoms with E-state index < -0.39 is 9.84 Å². The largest absolute Gasteiger partial charge is 0.352 e. The molecule has 1 saturated heterocycles. The summed E-state index contributed by atoms with van der Waals surface area (Å²) in [5.41, 5.74) is 0.345. The minimum Gasteiger partial charge on any atom is -0.352 e. The Morgan fingerprint density at radius 2 is 1.74 bits per heavy atom. The Bertz CT molecular complexity index is 496. The summed E-state index contributed by atoms with van der Waals surface area (Å²) in [7, 11) is -2.88. The third-order valence-electron chi connectivity index (χ3n) is 5.36. The van der Waals surface area contributed by atoms with Crippen molar-refractivity contribution in [2.75, 3.05) is 31.1 Å². The molecule has 5 nitrogen and oxygen atoms in total. The first-order valence-corrected chi connectivity index (χ1v) is 10.7. The van der Waals surface area contributed by atoms with Gasteiger partial charge in [0.25, 0.3) is 0 Å². The molecule has 1 aliphatic heterocycles. The van der Waals surface area contributed by atoms with E-state index in [9.17, 15) is 13.2 Å². The summed E-state index contributed by atoms with van der Waals surface area (Å²) in [5, 5.41) is 3.17. The first-order valence-electron chi connectivity index (χ1n) is 8.88. The molecular formula is C17H32N2O3S. The van der Waals surface area contributed by atoms with Gasteiger partial charge < -0.3 is 5.32 Å². The summed E-state index contributed by atoms with van der Waals surface area (Å²) in [6.07, 6.45) is 5.72. The van der Waals surface area contributed by atoms with E-state index in [1.54, 1.807) is 0 Å². The van der Waals surface area contributed by atoms with E-state index in [0.29, 0.717) is 25.0 Å². The van der Waals surface area contributed by atoms with Crippen LogP contribution in [-0.4, -0.2) is 56.4 Å². The average molecular weight is 345 g/mol. The monoisotopic (exact) mass is 344 g/mol. The standard InChI is InChI=1S/C17H32N2O3S/c1-17(2,3)14-5-4-6-15(8-7-14)18-16(20)13-19-9-11-23(21,22)12-10-19/h14-15H,4-13H2,1-3H3,(H,18,20)/t14-,15+/m1/s1. The Hall–Kier alpha value is -0.620. The molecule has 2 aliphatic rings. The molecule has 1 heterocycles. The molecule has 0 unspecified atom stereocenters. The molecule has 1 saturated carbocycles. The normalized spacial score (nSPS) is 29.7. The molecule has 1 N–H and O–H groups in total.